The molecule has 0 radical (unpaired) electrons. The normalized spacial score (nSPS) is 17.4. The lowest BCUT2D eigenvalue weighted by Crippen LogP contribution is -2.27. The fourth-order valence-corrected chi connectivity index (χ4v) is 2.82. The Morgan fingerprint density at radius 1 is 1.42 bits per heavy atom. The average molecular weight is 297 g/mol. The summed E-state index contributed by atoms with van der Waals surface area (Å²) in [4.78, 5) is 13.6. The maximum atomic E-state index is 13.5. The maximum absolute atomic E-state index is 13.5. The number of halogens is 2. The van der Waals surface area contributed by atoms with Crippen molar-refractivity contribution in [1.29, 1.82) is 0 Å². The van der Waals surface area contributed by atoms with E-state index in [-0.39, 0.29) is 16.4 Å². The molecule has 1 aliphatic heterocycles. The number of rotatable bonds is 3. The van der Waals surface area contributed by atoms with Gasteiger partial charge in [-0.2, -0.15) is 0 Å². The van der Waals surface area contributed by atoms with Crippen molar-refractivity contribution in [3.8, 4) is 0 Å². The van der Waals surface area contributed by atoms with Gasteiger partial charge in [0, 0.05) is 12.1 Å². The van der Waals surface area contributed by atoms with Crippen molar-refractivity contribution in [3.05, 3.63) is 53.0 Å². The van der Waals surface area contributed by atoms with Crippen LogP contribution in [0, 0.1) is 11.6 Å². The van der Waals surface area contributed by atoms with Gasteiger partial charge in [-0.15, -0.1) is 6.58 Å². The molecule has 2 rings (SSSR count). The third-order valence-corrected chi connectivity index (χ3v) is 3.81. The highest BCUT2D eigenvalue weighted by molar-refractivity contribution is 8.26. The summed E-state index contributed by atoms with van der Waals surface area (Å²) in [5, 5.41) is 0. The van der Waals surface area contributed by atoms with Crippen LogP contribution in [-0.2, 0) is 4.79 Å². The molecule has 1 aliphatic rings. The van der Waals surface area contributed by atoms with E-state index in [1.807, 2.05) is 0 Å². The zero-order valence-electron chi connectivity index (χ0n) is 9.73. The Bertz CT molecular complexity index is 598. The average Bonchev–Trinajstić information content (AvgIpc) is 2.62. The van der Waals surface area contributed by atoms with Gasteiger partial charge in [-0.1, -0.05) is 30.1 Å². The highest BCUT2D eigenvalue weighted by Gasteiger charge is 2.31. The van der Waals surface area contributed by atoms with Crippen LogP contribution in [0.2, 0.25) is 0 Å². The first-order chi connectivity index (χ1) is 9.02. The summed E-state index contributed by atoms with van der Waals surface area (Å²) in [6, 6.07) is 3.08. The third kappa shape index (κ3) is 2.90. The molecule has 0 atom stereocenters. The Balaban J connectivity index is 2.34. The molecule has 0 aliphatic carbocycles. The molecule has 0 unspecified atom stereocenters. The van der Waals surface area contributed by atoms with Gasteiger partial charge in [0.25, 0.3) is 5.91 Å². The second-order valence-electron chi connectivity index (χ2n) is 3.75. The molecule has 0 aromatic heterocycles. The molecule has 19 heavy (non-hydrogen) atoms. The van der Waals surface area contributed by atoms with Crippen LogP contribution in [-0.4, -0.2) is 21.7 Å². The van der Waals surface area contributed by atoms with E-state index in [9.17, 15) is 13.6 Å². The number of amides is 1. The molecule has 1 aromatic rings. The molecule has 1 saturated heterocycles. The van der Waals surface area contributed by atoms with E-state index in [1.165, 1.54) is 11.0 Å². The van der Waals surface area contributed by atoms with E-state index in [2.05, 4.69) is 6.58 Å². The van der Waals surface area contributed by atoms with Crippen molar-refractivity contribution >= 4 is 40.3 Å². The number of carbonyl (C=O) groups is 1. The molecule has 0 bridgehead atoms. The number of hydrogen-bond donors (Lipinski definition) is 0. The number of benzene rings is 1. The fraction of sp³-hybridized carbons (Fsp3) is 0.0769. The molecule has 1 heterocycles. The lowest BCUT2D eigenvalue weighted by molar-refractivity contribution is -0.121. The molecule has 2 nitrogen and oxygen atoms in total. The number of thioether (sulfide) groups is 1. The monoisotopic (exact) mass is 297 g/mol. The Morgan fingerprint density at radius 2 is 2.16 bits per heavy atom. The maximum Gasteiger partial charge on any atom is 0.266 e. The summed E-state index contributed by atoms with van der Waals surface area (Å²) in [6.45, 7) is 3.84. The molecule has 0 saturated carbocycles. The number of nitrogens with zero attached hydrogens (tertiary/aromatic N) is 1. The van der Waals surface area contributed by atoms with E-state index in [0.717, 1.165) is 30.0 Å². The van der Waals surface area contributed by atoms with Gasteiger partial charge >= 0.3 is 0 Å². The lowest BCUT2D eigenvalue weighted by Gasteiger charge is -2.10. The van der Waals surface area contributed by atoms with Gasteiger partial charge in [0.15, 0.2) is 0 Å². The topological polar surface area (TPSA) is 20.3 Å². The molecule has 98 valence electrons. The van der Waals surface area contributed by atoms with E-state index in [1.54, 1.807) is 6.08 Å². The van der Waals surface area contributed by atoms with Gasteiger partial charge in [0.05, 0.1) is 4.91 Å². The predicted octanol–water partition coefficient (Wildman–Crippen LogP) is 3.35. The molecule has 1 amide bonds. The van der Waals surface area contributed by atoms with Gasteiger partial charge < -0.3 is 0 Å². The van der Waals surface area contributed by atoms with Crippen molar-refractivity contribution in [2.75, 3.05) is 6.54 Å². The van der Waals surface area contributed by atoms with Crippen molar-refractivity contribution in [3.63, 3.8) is 0 Å². The van der Waals surface area contributed by atoms with Crippen LogP contribution in [0.25, 0.3) is 6.08 Å². The zero-order chi connectivity index (χ0) is 14.0. The van der Waals surface area contributed by atoms with Gasteiger partial charge in [-0.05, 0) is 24.3 Å². The highest BCUT2D eigenvalue weighted by atomic mass is 32.2. The van der Waals surface area contributed by atoms with Crippen LogP contribution < -0.4 is 0 Å². The molecule has 1 fully saturated rings. The molecule has 6 heteroatoms. The fourth-order valence-electron chi connectivity index (χ4n) is 1.55. The smallest absolute Gasteiger partial charge is 0.266 e. The van der Waals surface area contributed by atoms with Crippen molar-refractivity contribution in [2.45, 2.75) is 0 Å². The minimum absolute atomic E-state index is 0.0269. The second kappa shape index (κ2) is 5.63. The molecular weight excluding hydrogens is 288 g/mol. The van der Waals surface area contributed by atoms with E-state index in [4.69, 9.17) is 12.2 Å². The Kier molecular flexibility index (Phi) is 4.11. The van der Waals surface area contributed by atoms with Crippen LogP contribution in [0.15, 0.2) is 35.8 Å². The number of carbonyl (C=O) groups excluding carboxylic acids is 1. The highest BCUT2D eigenvalue weighted by Crippen LogP contribution is 2.32. The third-order valence-electron chi connectivity index (χ3n) is 2.43. The Hall–Kier alpha value is -1.53. The summed E-state index contributed by atoms with van der Waals surface area (Å²) in [6.07, 6.45) is 2.86. The quantitative estimate of drug-likeness (QED) is 0.485. The van der Waals surface area contributed by atoms with Crippen molar-refractivity contribution < 1.29 is 13.6 Å². The van der Waals surface area contributed by atoms with Crippen LogP contribution >= 0.6 is 24.0 Å². The Labute approximate surface area is 118 Å². The van der Waals surface area contributed by atoms with Gasteiger partial charge in [0.2, 0.25) is 0 Å². The van der Waals surface area contributed by atoms with Crippen LogP contribution in [0.3, 0.4) is 0 Å². The predicted molar refractivity (Wildman–Crippen MR) is 76.4 cm³/mol. The van der Waals surface area contributed by atoms with Gasteiger partial charge in [-0.3, -0.25) is 9.69 Å². The molecule has 0 N–H and O–H groups in total. The van der Waals surface area contributed by atoms with Gasteiger partial charge in [-0.25, -0.2) is 8.78 Å². The largest absolute Gasteiger partial charge is 0.289 e. The summed E-state index contributed by atoms with van der Waals surface area (Å²) in [7, 11) is 0. The van der Waals surface area contributed by atoms with Gasteiger partial charge in [0.1, 0.15) is 16.0 Å². The minimum Gasteiger partial charge on any atom is -0.289 e. The van der Waals surface area contributed by atoms with E-state index in [0.29, 0.717) is 10.9 Å². The summed E-state index contributed by atoms with van der Waals surface area (Å²) < 4.78 is 26.9. The standard InChI is InChI=1S/C13H9F2NOS2/c1-2-5-16-12(17)11(19-13(16)18)7-8-6-9(14)3-4-10(8)15/h2-4,6-7H,1,5H2/b11-7-. The molecule has 0 spiro atoms. The first-order valence-electron chi connectivity index (χ1n) is 5.34. The zero-order valence-corrected chi connectivity index (χ0v) is 11.4. The lowest BCUT2D eigenvalue weighted by atomic mass is 10.2. The Morgan fingerprint density at radius 3 is 2.84 bits per heavy atom. The van der Waals surface area contributed by atoms with Crippen LogP contribution in [0.5, 0.6) is 0 Å². The number of thiocarbonyl (C=S) groups is 1. The summed E-state index contributed by atoms with van der Waals surface area (Å²) in [5.41, 5.74) is 0.0269. The van der Waals surface area contributed by atoms with Crippen LogP contribution in [0.1, 0.15) is 5.56 Å². The molecular formula is C13H9F2NOS2. The molecule has 1 aromatic carbocycles. The minimum atomic E-state index is -0.588. The van der Waals surface area contributed by atoms with Crippen molar-refractivity contribution in [2.24, 2.45) is 0 Å². The van der Waals surface area contributed by atoms with E-state index >= 15 is 0 Å². The second-order valence-corrected chi connectivity index (χ2v) is 5.42. The SMILES string of the molecule is C=CCN1C(=O)/C(=C/c2cc(F)ccc2F)SC1=S. The summed E-state index contributed by atoms with van der Waals surface area (Å²) in [5.74, 6) is -1.47. The van der Waals surface area contributed by atoms with Crippen LogP contribution in [0.4, 0.5) is 8.78 Å². The van der Waals surface area contributed by atoms with E-state index < -0.39 is 11.6 Å². The number of hydrogen-bond acceptors (Lipinski definition) is 3. The summed E-state index contributed by atoms with van der Waals surface area (Å²) >= 11 is 6.11. The van der Waals surface area contributed by atoms with Crippen molar-refractivity contribution in [1.82, 2.24) is 4.90 Å². The first-order valence-corrected chi connectivity index (χ1v) is 6.56. The first kappa shape index (κ1) is 13.9.